The lowest BCUT2D eigenvalue weighted by Gasteiger charge is -2.24. The third-order valence-corrected chi connectivity index (χ3v) is 5.71. The summed E-state index contributed by atoms with van der Waals surface area (Å²) in [5, 5.41) is 6.47. The molecule has 0 aliphatic carbocycles. The van der Waals surface area contributed by atoms with Crippen LogP contribution in [0.4, 0.5) is 0 Å². The summed E-state index contributed by atoms with van der Waals surface area (Å²) in [6.07, 6.45) is 6.42. The van der Waals surface area contributed by atoms with Crippen LogP contribution in [0.15, 0.2) is 66.0 Å². The zero-order valence-corrected chi connectivity index (χ0v) is 16.2. The first kappa shape index (κ1) is 17.9. The van der Waals surface area contributed by atoms with E-state index in [2.05, 4.69) is 27.0 Å². The van der Waals surface area contributed by atoms with Gasteiger partial charge in [-0.1, -0.05) is 36.4 Å². The SMILES string of the molecule is O=C(CN1CCCC1)N1N=C(c2ccccc2)CC1c1ccc2nccnc2c1. The number of likely N-dealkylation sites (tertiary alicyclic amines) is 1. The van der Waals surface area contributed by atoms with Crippen LogP contribution in [0.3, 0.4) is 0 Å². The van der Waals surface area contributed by atoms with E-state index in [-0.39, 0.29) is 11.9 Å². The molecule has 0 spiro atoms. The van der Waals surface area contributed by atoms with Gasteiger partial charge in [-0.05, 0) is 49.2 Å². The second-order valence-electron chi connectivity index (χ2n) is 7.66. The zero-order chi connectivity index (χ0) is 19.6. The van der Waals surface area contributed by atoms with Gasteiger partial charge in [0.15, 0.2) is 0 Å². The van der Waals surface area contributed by atoms with Crippen molar-refractivity contribution in [2.45, 2.75) is 25.3 Å². The van der Waals surface area contributed by atoms with Crippen molar-refractivity contribution < 1.29 is 4.79 Å². The molecule has 0 bridgehead atoms. The van der Waals surface area contributed by atoms with Crippen LogP contribution in [0.2, 0.25) is 0 Å². The molecular weight excluding hydrogens is 362 g/mol. The van der Waals surface area contributed by atoms with E-state index in [1.807, 2.05) is 36.4 Å². The number of amides is 1. The van der Waals surface area contributed by atoms with Gasteiger partial charge in [0, 0.05) is 18.8 Å². The van der Waals surface area contributed by atoms with Crippen molar-refractivity contribution in [1.29, 1.82) is 0 Å². The fraction of sp³-hybridized carbons (Fsp3) is 0.304. The van der Waals surface area contributed by atoms with E-state index in [9.17, 15) is 4.79 Å². The van der Waals surface area contributed by atoms with Gasteiger partial charge in [0.05, 0.1) is 29.3 Å². The fourth-order valence-corrected chi connectivity index (χ4v) is 4.20. The van der Waals surface area contributed by atoms with Gasteiger partial charge in [-0.15, -0.1) is 0 Å². The predicted octanol–water partition coefficient (Wildman–Crippen LogP) is 3.40. The highest BCUT2D eigenvalue weighted by Gasteiger charge is 2.34. The molecule has 146 valence electrons. The maximum atomic E-state index is 13.2. The highest BCUT2D eigenvalue weighted by molar-refractivity contribution is 6.03. The molecule has 1 saturated heterocycles. The van der Waals surface area contributed by atoms with E-state index in [4.69, 9.17) is 5.10 Å². The Morgan fingerprint density at radius 2 is 1.72 bits per heavy atom. The smallest absolute Gasteiger partial charge is 0.257 e. The number of carbonyl (C=O) groups is 1. The normalized spacial score (nSPS) is 19.7. The molecule has 1 fully saturated rings. The van der Waals surface area contributed by atoms with Crippen LogP contribution in [0.1, 0.15) is 36.4 Å². The minimum Gasteiger partial charge on any atom is -0.294 e. The lowest BCUT2D eigenvalue weighted by Crippen LogP contribution is -2.36. The molecule has 6 nitrogen and oxygen atoms in total. The molecule has 1 aromatic heterocycles. The minimum atomic E-state index is -0.119. The van der Waals surface area contributed by atoms with E-state index in [0.29, 0.717) is 13.0 Å². The largest absolute Gasteiger partial charge is 0.294 e. The standard InChI is InChI=1S/C23H23N5O/c29-23(16-27-12-4-5-13-27)28-22(15-20(26-28)17-6-2-1-3-7-17)18-8-9-19-21(14-18)25-11-10-24-19/h1-3,6-11,14,22H,4-5,12-13,15-16H2. The van der Waals surface area contributed by atoms with Crippen LogP contribution in [0, 0.1) is 0 Å². The summed E-state index contributed by atoms with van der Waals surface area (Å²) < 4.78 is 0. The molecule has 1 atom stereocenters. The van der Waals surface area contributed by atoms with Crippen molar-refractivity contribution in [2.75, 3.05) is 19.6 Å². The topological polar surface area (TPSA) is 61.7 Å². The van der Waals surface area contributed by atoms with Crippen LogP contribution < -0.4 is 0 Å². The average Bonchev–Trinajstić information content (AvgIpc) is 3.44. The quantitative estimate of drug-likeness (QED) is 0.691. The zero-order valence-electron chi connectivity index (χ0n) is 16.2. The molecule has 0 radical (unpaired) electrons. The first-order valence-electron chi connectivity index (χ1n) is 10.2. The molecule has 5 rings (SSSR count). The van der Waals surface area contributed by atoms with E-state index in [1.54, 1.807) is 17.4 Å². The molecule has 6 heteroatoms. The Balaban J connectivity index is 1.48. The summed E-state index contributed by atoms with van der Waals surface area (Å²) in [5.41, 5.74) is 4.75. The van der Waals surface area contributed by atoms with E-state index >= 15 is 0 Å². The molecule has 29 heavy (non-hydrogen) atoms. The van der Waals surface area contributed by atoms with Gasteiger partial charge in [-0.3, -0.25) is 19.7 Å². The Kier molecular flexibility index (Phi) is 4.77. The van der Waals surface area contributed by atoms with Gasteiger partial charge in [-0.2, -0.15) is 5.10 Å². The average molecular weight is 385 g/mol. The Labute approximate surface area is 169 Å². The maximum Gasteiger partial charge on any atom is 0.257 e. The molecule has 2 aromatic carbocycles. The lowest BCUT2D eigenvalue weighted by molar-refractivity contribution is -0.134. The second-order valence-corrected chi connectivity index (χ2v) is 7.66. The number of nitrogens with zero attached hydrogens (tertiary/aromatic N) is 5. The number of carbonyl (C=O) groups excluding carboxylic acids is 1. The molecule has 2 aliphatic heterocycles. The van der Waals surface area contributed by atoms with Crippen LogP contribution in [-0.2, 0) is 4.79 Å². The van der Waals surface area contributed by atoms with E-state index in [0.717, 1.165) is 41.0 Å². The Morgan fingerprint density at radius 3 is 2.52 bits per heavy atom. The van der Waals surface area contributed by atoms with Crippen molar-refractivity contribution in [2.24, 2.45) is 5.10 Å². The van der Waals surface area contributed by atoms with Gasteiger partial charge in [0.1, 0.15) is 0 Å². The van der Waals surface area contributed by atoms with Crippen LogP contribution >= 0.6 is 0 Å². The maximum absolute atomic E-state index is 13.2. The number of hydrazone groups is 1. The Bertz CT molecular complexity index is 1060. The predicted molar refractivity (Wildman–Crippen MR) is 112 cm³/mol. The number of fused-ring (bicyclic) bond motifs is 1. The molecule has 2 aliphatic rings. The van der Waals surface area contributed by atoms with Crippen molar-refractivity contribution in [1.82, 2.24) is 19.9 Å². The molecule has 1 unspecified atom stereocenters. The summed E-state index contributed by atoms with van der Waals surface area (Å²) in [7, 11) is 0. The van der Waals surface area contributed by atoms with Gasteiger partial charge in [-0.25, -0.2) is 5.01 Å². The van der Waals surface area contributed by atoms with Gasteiger partial charge < -0.3 is 0 Å². The van der Waals surface area contributed by atoms with Gasteiger partial charge in [0.2, 0.25) is 0 Å². The van der Waals surface area contributed by atoms with E-state index < -0.39 is 0 Å². The monoisotopic (exact) mass is 385 g/mol. The van der Waals surface area contributed by atoms with Crippen LogP contribution in [-0.4, -0.2) is 51.1 Å². The molecule has 3 aromatic rings. The summed E-state index contributed by atoms with van der Waals surface area (Å²) in [5.74, 6) is 0.0575. The van der Waals surface area contributed by atoms with Crippen molar-refractivity contribution in [3.8, 4) is 0 Å². The summed E-state index contributed by atoms with van der Waals surface area (Å²) in [6.45, 7) is 2.41. The van der Waals surface area contributed by atoms with Gasteiger partial charge in [0.25, 0.3) is 5.91 Å². The number of aromatic nitrogens is 2. The highest BCUT2D eigenvalue weighted by Crippen LogP contribution is 2.34. The van der Waals surface area contributed by atoms with Crippen molar-refractivity contribution in [3.05, 3.63) is 72.1 Å². The molecule has 1 amide bonds. The summed E-state index contributed by atoms with van der Waals surface area (Å²) in [4.78, 5) is 24.2. The first-order valence-corrected chi connectivity index (χ1v) is 10.2. The minimum absolute atomic E-state index is 0.0575. The Hall–Kier alpha value is -3.12. The third-order valence-electron chi connectivity index (χ3n) is 5.71. The van der Waals surface area contributed by atoms with Crippen molar-refractivity contribution >= 4 is 22.7 Å². The van der Waals surface area contributed by atoms with E-state index in [1.165, 1.54) is 12.8 Å². The first-order chi connectivity index (χ1) is 14.3. The van der Waals surface area contributed by atoms with Crippen LogP contribution in [0.25, 0.3) is 11.0 Å². The Morgan fingerprint density at radius 1 is 0.966 bits per heavy atom. The summed E-state index contributed by atoms with van der Waals surface area (Å²) >= 11 is 0. The molecule has 0 saturated carbocycles. The molecule has 0 N–H and O–H groups in total. The van der Waals surface area contributed by atoms with Crippen molar-refractivity contribution in [3.63, 3.8) is 0 Å². The third kappa shape index (κ3) is 3.63. The fourth-order valence-electron chi connectivity index (χ4n) is 4.20. The molecule has 3 heterocycles. The van der Waals surface area contributed by atoms with Gasteiger partial charge >= 0.3 is 0 Å². The molecular formula is C23H23N5O. The summed E-state index contributed by atoms with van der Waals surface area (Å²) in [6, 6.07) is 16.0. The lowest BCUT2D eigenvalue weighted by atomic mass is 9.98. The second kappa shape index (κ2) is 7.72. The number of rotatable bonds is 4. The highest BCUT2D eigenvalue weighted by atomic mass is 16.2. The van der Waals surface area contributed by atoms with Crippen LogP contribution in [0.5, 0.6) is 0 Å². The number of hydrogen-bond donors (Lipinski definition) is 0. The number of benzene rings is 2. The number of hydrogen-bond acceptors (Lipinski definition) is 5.